The number of alkyl halides is 2. The number of amides is 3. The van der Waals surface area contributed by atoms with Crippen LogP contribution in [0.15, 0.2) is 52.1 Å². The second-order valence-electron chi connectivity index (χ2n) is 10.0. The van der Waals surface area contributed by atoms with E-state index < -0.39 is 40.1 Å². The van der Waals surface area contributed by atoms with Gasteiger partial charge in [0.25, 0.3) is 11.8 Å². The summed E-state index contributed by atoms with van der Waals surface area (Å²) in [4.78, 5) is 42.9. The molecule has 4 rings (SSSR count). The molecule has 1 aliphatic rings. The van der Waals surface area contributed by atoms with Crippen molar-refractivity contribution >= 4 is 39.1 Å². The Morgan fingerprint density at radius 3 is 2.64 bits per heavy atom. The Labute approximate surface area is 241 Å². The summed E-state index contributed by atoms with van der Waals surface area (Å²) in [5.74, 6) is -4.00. The summed E-state index contributed by atoms with van der Waals surface area (Å²) in [5, 5.41) is 17.5. The average Bonchev–Trinajstić information content (AvgIpc) is 3.25. The van der Waals surface area contributed by atoms with Crippen LogP contribution in [-0.4, -0.2) is 73.8 Å². The number of carboxylic acid groups (broad SMARTS) is 1. The fourth-order valence-electron chi connectivity index (χ4n) is 4.66. The molecule has 1 fully saturated rings. The van der Waals surface area contributed by atoms with Gasteiger partial charge >= 0.3 is 6.09 Å². The van der Waals surface area contributed by atoms with Gasteiger partial charge in [0, 0.05) is 73.3 Å². The quantitative estimate of drug-likeness (QED) is 0.367. The van der Waals surface area contributed by atoms with Crippen molar-refractivity contribution in [1.29, 1.82) is 0 Å². The number of pyridine rings is 1. The zero-order valence-corrected chi connectivity index (χ0v) is 24.1. The van der Waals surface area contributed by atoms with E-state index in [1.165, 1.54) is 24.5 Å². The molecule has 3 N–H and O–H groups in total. The molecule has 1 saturated heterocycles. The van der Waals surface area contributed by atoms with Gasteiger partial charge in [-0.1, -0.05) is 6.07 Å². The first-order chi connectivity index (χ1) is 19.8. The molecular formula is C27H31F2N7O5S. The number of nitrogens with zero attached hydrogens (tertiary/aromatic N) is 5. The van der Waals surface area contributed by atoms with Crippen molar-refractivity contribution in [2.75, 3.05) is 36.1 Å². The number of carbonyl (C=O) groups excluding carboxylic acids is 2. The van der Waals surface area contributed by atoms with Crippen molar-refractivity contribution in [3.63, 3.8) is 0 Å². The van der Waals surface area contributed by atoms with Crippen molar-refractivity contribution in [2.24, 2.45) is 11.4 Å². The molecule has 15 heteroatoms. The Morgan fingerprint density at radius 2 is 1.95 bits per heavy atom. The zero-order valence-electron chi connectivity index (χ0n) is 23.3. The first-order valence-corrected chi connectivity index (χ1v) is 14.9. The number of anilines is 2. The van der Waals surface area contributed by atoms with E-state index in [1.807, 2.05) is 5.32 Å². The van der Waals surface area contributed by atoms with E-state index >= 15 is 0 Å². The van der Waals surface area contributed by atoms with Crippen LogP contribution in [0.4, 0.5) is 25.1 Å². The molecular weight excluding hydrogens is 572 g/mol. The highest BCUT2D eigenvalue weighted by Gasteiger charge is 2.33. The third-order valence-electron chi connectivity index (χ3n) is 6.78. The molecule has 0 aliphatic carbocycles. The van der Waals surface area contributed by atoms with Gasteiger partial charge in [-0.05, 0) is 37.1 Å². The van der Waals surface area contributed by atoms with Crippen LogP contribution in [0.1, 0.15) is 35.2 Å². The molecule has 42 heavy (non-hydrogen) atoms. The van der Waals surface area contributed by atoms with Crippen molar-refractivity contribution in [3.05, 3.63) is 54.0 Å². The van der Waals surface area contributed by atoms with E-state index in [-0.39, 0.29) is 47.8 Å². The Hall–Kier alpha value is -4.40. The maximum absolute atomic E-state index is 14.1. The predicted octanol–water partition coefficient (Wildman–Crippen LogP) is 3.92. The number of hydrogen-bond acceptors (Lipinski definition) is 7. The molecule has 3 heterocycles. The topological polar surface area (TPSA) is 159 Å². The number of aromatic nitrogens is 3. The van der Waals surface area contributed by atoms with Crippen LogP contribution < -0.4 is 15.5 Å². The number of nitrogens with one attached hydrogen (secondary N) is 2. The Balaban J connectivity index is 1.70. The molecule has 2 aromatic heterocycles. The summed E-state index contributed by atoms with van der Waals surface area (Å²) < 4.78 is 46.7. The van der Waals surface area contributed by atoms with Crippen molar-refractivity contribution in [1.82, 2.24) is 20.1 Å². The van der Waals surface area contributed by atoms with Gasteiger partial charge in [-0.2, -0.15) is 9.46 Å². The molecule has 0 saturated carbocycles. The van der Waals surface area contributed by atoms with E-state index in [1.54, 1.807) is 48.2 Å². The van der Waals surface area contributed by atoms with E-state index in [0.29, 0.717) is 17.7 Å². The Morgan fingerprint density at radius 1 is 1.19 bits per heavy atom. The molecule has 224 valence electrons. The lowest BCUT2D eigenvalue weighted by Gasteiger charge is -2.26. The first kappa shape index (κ1) is 30.6. The van der Waals surface area contributed by atoms with Crippen LogP contribution in [0.5, 0.6) is 0 Å². The lowest BCUT2D eigenvalue weighted by Crippen LogP contribution is -2.30. The molecule has 1 aliphatic heterocycles. The third-order valence-corrected chi connectivity index (χ3v) is 8.46. The van der Waals surface area contributed by atoms with Crippen molar-refractivity contribution in [2.45, 2.75) is 37.0 Å². The largest absolute Gasteiger partial charge is 0.465 e. The molecule has 0 radical (unpaired) electrons. The van der Waals surface area contributed by atoms with Gasteiger partial charge in [0.1, 0.15) is 12.4 Å². The Bertz CT molecular complexity index is 1650. The first-order valence-electron chi connectivity index (χ1n) is 13.0. The zero-order chi connectivity index (χ0) is 30.7. The number of aryl methyl sites for hydroxylation is 1. The maximum Gasteiger partial charge on any atom is 0.405 e. The summed E-state index contributed by atoms with van der Waals surface area (Å²) in [5.41, 5.74) is 2.39. The van der Waals surface area contributed by atoms with Crippen LogP contribution in [-0.2, 0) is 21.6 Å². The van der Waals surface area contributed by atoms with Gasteiger partial charge in [-0.3, -0.25) is 14.3 Å². The second-order valence-corrected chi connectivity index (χ2v) is 12.3. The molecule has 1 unspecified atom stereocenters. The highest BCUT2D eigenvalue weighted by molar-refractivity contribution is 7.93. The smallest absolute Gasteiger partial charge is 0.405 e. The van der Waals surface area contributed by atoms with Gasteiger partial charge in [-0.25, -0.2) is 22.8 Å². The monoisotopic (exact) mass is 603 g/mol. The minimum absolute atomic E-state index is 0.0195. The van der Waals surface area contributed by atoms with Crippen LogP contribution in [0.25, 0.3) is 11.1 Å². The molecule has 3 aromatic rings. The molecule has 1 atom stereocenters. The van der Waals surface area contributed by atoms with Gasteiger partial charge in [0.2, 0.25) is 5.92 Å². The lowest BCUT2D eigenvalue weighted by atomic mass is 9.99. The fourth-order valence-corrected chi connectivity index (χ4v) is 5.90. The summed E-state index contributed by atoms with van der Waals surface area (Å²) in [7, 11) is -1.52. The molecule has 0 spiro atoms. The number of halogens is 2. The van der Waals surface area contributed by atoms with Gasteiger partial charge in [0.15, 0.2) is 0 Å². The Kier molecular flexibility index (Phi) is 8.89. The van der Waals surface area contributed by atoms with E-state index in [0.717, 1.165) is 5.56 Å². The van der Waals surface area contributed by atoms with Gasteiger partial charge in [-0.15, -0.1) is 0 Å². The maximum atomic E-state index is 14.1. The lowest BCUT2D eigenvalue weighted by molar-refractivity contribution is -0.116. The number of hydrogen-bond donors (Lipinski definition) is 3. The van der Waals surface area contributed by atoms with E-state index in [9.17, 15) is 27.4 Å². The van der Waals surface area contributed by atoms with Crippen LogP contribution >= 0.6 is 0 Å². The summed E-state index contributed by atoms with van der Waals surface area (Å²) in [6.45, 7) is 1.43. The SMILES string of the molecule is Cc1c(-c2cnn(C)c2)cnc(N2CCCC(F)(F)CC2)c1C(=O)Nc1cccc(S(C)(=O)=NC(=O)CNC(=O)O)c1. The summed E-state index contributed by atoms with van der Waals surface area (Å²) in [6, 6.07) is 5.96. The normalized spacial score (nSPS) is 16.2. The number of carbonyl (C=O) groups is 3. The molecule has 12 nitrogen and oxygen atoms in total. The summed E-state index contributed by atoms with van der Waals surface area (Å²) >= 11 is 0. The predicted molar refractivity (Wildman–Crippen MR) is 152 cm³/mol. The van der Waals surface area contributed by atoms with Gasteiger partial charge < -0.3 is 20.6 Å². The van der Waals surface area contributed by atoms with E-state index in [2.05, 4.69) is 19.8 Å². The minimum atomic E-state index is -3.28. The van der Waals surface area contributed by atoms with Crippen LogP contribution in [0.2, 0.25) is 0 Å². The highest BCUT2D eigenvalue weighted by Crippen LogP contribution is 2.34. The van der Waals surface area contributed by atoms with Crippen LogP contribution in [0.3, 0.4) is 0 Å². The summed E-state index contributed by atoms with van der Waals surface area (Å²) in [6.07, 6.45) is 4.44. The molecule has 1 aromatic carbocycles. The standard InChI is InChI=1S/C27H31F2N7O5S/c1-17-21(18-13-32-35(2)16-18)14-30-24(36-10-5-8-27(28,29)9-11-36)23(17)25(38)33-19-6-4-7-20(12-19)42(3,41)34-22(37)15-31-26(39)40/h4,6-7,12-14,16,31H,5,8-11,15H2,1-3H3,(H,33,38)(H,39,40). The number of benzene rings is 1. The average molecular weight is 604 g/mol. The van der Waals surface area contributed by atoms with Crippen LogP contribution in [0, 0.1) is 6.92 Å². The highest BCUT2D eigenvalue weighted by atomic mass is 32.2. The van der Waals surface area contributed by atoms with Crippen molar-refractivity contribution < 1.29 is 32.5 Å². The molecule has 3 amide bonds. The fraction of sp³-hybridized carbons (Fsp3) is 0.370. The minimum Gasteiger partial charge on any atom is -0.465 e. The van der Waals surface area contributed by atoms with E-state index in [4.69, 9.17) is 5.11 Å². The second kappa shape index (κ2) is 12.2. The third kappa shape index (κ3) is 7.26. The number of rotatable bonds is 7. The van der Waals surface area contributed by atoms with Crippen molar-refractivity contribution in [3.8, 4) is 11.1 Å². The van der Waals surface area contributed by atoms with Gasteiger partial charge in [0.05, 0.1) is 21.5 Å². The molecule has 0 bridgehead atoms.